The number of oxime groups is 1. The van der Waals surface area contributed by atoms with Crippen molar-refractivity contribution in [3.8, 4) is 5.69 Å². The van der Waals surface area contributed by atoms with Crippen LogP contribution in [0.1, 0.15) is 19.4 Å². The predicted molar refractivity (Wildman–Crippen MR) is 110 cm³/mol. The molecule has 4 rings (SSSR count). The van der Waals surface area contributed by atoms with Crippen molar-refractivity contribution in [3.63, 3.8) is 0 Å². The molecule has 0 amide bonds. The molecule has 10 nitrogen and oxygen atoms in total. The van der Waals surface area contributed by atoms with Gasteiger partial charge in [0.05, 0.1) is 36.6 Å². The first-order chi connectivity index (χ1) is 14.5. The SMILES string of the molecule is COCn1c(=O)n(-c2cnn(CC3C(C)=NOC3C)c2)c(=O)n1Cc1ccccc1. The van der Waals surface area contributed by atoms with Gasteiger partial charge in [-0.15, -0.1) is 0 Å². The summed E-state index contributed by atoms with van der Waals surface area (Å²) in [6.45, 7) is 4.63. The molecule has 158 valence electrons. The van der Waals surface area contributed by atoms with Gasteiger partial charge < -0.3 is 9.57 Å². The Morgan fingerprint density at radius 1 is 1.13 bits per heavy atom. The van der Waals surface area contributed by atoms with Crippen LogP contribution in [0.15, 0.2) is 57.5 Å². The third-order valence-electron chi connectivity index (χ3n) is 5.27. The number of hydrogen-bond acceptors (Lipinski definition) is 6. The molecule has 3 heterocycles. The van der Waals surface area contributed by atoms with E-state index in [0.717, 1.165) is 15.8 Å². The van der Waals surface area contributed by atoms with Gasteiger partial charge in [-0.2, -0.15) is 5.10 Å². The van der Waals surface area contributed by atoms with Gasteiger partial charge >= 0.3 is 11.4 Å². The highest BCUT2D eigenvalue weighted by molar-refractivity contribution is 5.85. The van der Waals surface area contributed by atoms with Crippen molar-refractivity contribution >= 4 is 5.71 Å². The van der Waals surface area contributed by atoms with Gasteiger partial charge in [0.25, 0.3) is 0 Å². The lowest BCUT2D eigenvalue weighted by Crippen LogP contribution is -2.28. The largest absolute Gasteiger partial charge is 0.392 e. The molecule has 2 atom stereocenters. The molecule has 0 saturated carbocycles. The lowest BCUT2D eigenvalue weighted by molar-refractivity contribution is 0.0712. The minimum absolute atomic E-state index is 0.0331. The first-order valence-electron chi connectivity index (χ1n) is 9.68. The quantitative estimate of drug-likeness (QED) is 0.578. The van der Waals surface area contributed by atoms with Crippen molar-refractivity contribution in [1.29, 1.82) is 0 Å². The van der Waals surface area contributed by atoms with Crippen LogP contribution in [0.25, 0.3) is 5.69 Å². The lowest BCUT2D eigenvalue weighted by atomic mass is 10.00. The first kappa shape index (κ1) is 19.9. The van der Waals surface area contributed by atoms with E-state index in [1.165, 1.54) is 22.7 Å². The lowest BCUT2D eigenvalue weighted by Gasteiger charge is -2.13. The molecule has 30 heavy (non-hydrogen) atoms. The number of aromatic nitrogens is 5. The molecule has 0 saturated heterocycles. The summed E-state index contributed by atoms with van der Waals surface area (Å²) in [5.74, 6) is 0.0855. The van der Waals surface area contributed by atoms with Gasteiger partial charge in [-0.25, -0.2) is 23.5 Å². The Kier molecular flexibility index (Phi) is 5.40. The fourth-order valence-corrected chi connectivity index (χ4v) is 3.59. The minimum atomic E-state index is -0.479. The molecule has 10 heteroatoms. The van der Waals surface area contributed by atoms with Crippen molar-refractivity contribution in [1.82, 2.24) is 23.7 Å². The van der Waals surface area contributed by atoms with E-state index in [4.69, 9.17) is 9.57 Å². The first-order valence-corrected chi connectivity index (χ1v) is 9.68. The number of rotatable bonds is 7. The van der Waals surface area contributed by atoms with E-state index >= 15 is 0 Å². The zero-order chi connectivity index (χ0) is 21.3. The van der Waals surface area contributed by atoms with Crippen molar-refractivity contribution in [2.75, 3.05) is 7.11 Å². The van der Waals surface area contributed by atoms with Crippen molar-refractivity contribution in [2.24, 2.45) is 11.1 Å². The molecule has 0 N–H and O–H groups in total. The molecule has 0 fully saturated rings. The maximum atomic E-state index is 13.1. The Labute approximate surface area is 172 Å². The Hall–Kier alpha value is -3.40. The van der Waals surface area contributed by atoms with Crippen LogP contribution in [-0.2, 0) is 29.4 Å². The average molecular weight is 412 g/mol. The summed E-state index contributed by atoms with van der Waals surface area (Å²) in [6.07, 6.45) is 3.15. The van der Waals surface area contributed by atoms with Crippen LogP contribution >= 0.6 is 0 Å². The molecule has 0 aliphatic carbocycles. The summed E-state index contributed by atoms with van der Waals surface area (Å²) >= 11 is 0. The molecular weight excluding hydrogens is 388 g/mol. The molecule has 1 aliphatic rings. The zero-order valence-electron chi connectivity index (χ0n) is 17.1. The normalized spacial score (nSPS) is 18.4. The van der Waals surface area contributed by atoms with E-state index in [0.29, 0.717) is 12.2 Å². The van der Waals surface area contributed by atoms with E-state index in [1.54, 1.807) is 10.9 Å². The third-order valence-corrected chi connectivity index (χ3v) is 5.27. The smallest absolute Gasteiger partial charge is 0.354 e. The van der Waals surface area contributed by atoms with Gasteiger partial charge in [-0.3, -0.25) is 4.68 Å². The summed E-state index contributed by atoms with van der Waals surface area (Å²) in [4.78, 5) is 31.4. The number of methoxy groups -OCH3 is 1. The van der Waals surface area contributed by atoms with Gasteiger partial charge in [-0.05, 0) is 19.4 Å². The fraction of sp³-hybridized carbons (Fsp3) is 0.400. The van der Waals surface area contributed by atoms with E-state index in [2.05, 4.69) is 10.3 Å². The number of benzene rings is 1. The Bertz CT molecular complexity index is 1170. The van der Waals surface area contributed by atoms with Crippen LogP contribution in [0.2, 0.25) is 0 Å². The monoisotopic (exact) mass is 412 g/mol. The van der Waals surface area contributed by atoms with Crippen LogP contribution in [0, 0.1) is 5.92 Å². The van der Waals surface area contributed by atoms with Gasteiger partial charge in [0.1, 0.15) is 12.8 Å². The van der Waals surface area contributed by atoms with E-state index < -0.39 is 11.4 Å². The molecular formula is C20H24N6O4. The maximum Gasteiger partial charge on any atom is 0.354 e. The summed E-state index contributed by atoms with van der Waals surface area (Å²) in [5.41, 5.74) is 1.28. The second-order valence-electron chi connectivity index (χ2n) is 7.33. The van der Waals surface area contributed by atoms with Gasteiger partial charge in [0.2, 0.25) is 0 Å². The van der Waals surface area contributed by atoms with E-state index in [-0.39, 0.29) is 25.3 Å². The number of ether oxygens (including phenoxy) is 1. The van der Waals surface area contributed by atoms with Gasteiger partial charge in [-0.1, -0.05) is 35.5 Å². The third kappa shape index (κ3) is 3.61. The van der Waals surface area contributed by atoms with Crippen LogP contribution < -0.4 is 11.4 Å². The highest BCUT2D eigenvalue weighted by atomic mass is 16.6. The zero-order valence-corrected chi connectivity index (χ0v) is 17.1. The van der Waals surface area contributed by atoms with Crippen molar-refractivity contribution < 1.29 is 9.57 Å². The standard InChI is InChI=1S/C20H24N6O4/c1-14-18(15(2)30-22-14)12-23-11-17(9-21-23)26-19(27)24(25(13-29-3)20(26)28)10-16-7-5-4-6-8-16/h4-9,11,15,18H,10,12-13H2,1-3H3. The predicted octanol–water partition coefficient (Wildman–Crippen LogP) is 1.06. The summed E-state index contributed by atoms with van der Waals surface area (Å²) in [7, 11) is 1.48. The highest BCUT2D eigenvalue weighted by Gasteiger charge is 2.28. The van der Waals surface area contributed by atoms with Crippen LogP contribution in [0.4, 0.5) is 0 Å². The molecule has 2 aromatic heterocycles. The molecule has 3 aromatic rings. The Morgan fingerprint density at radius 2 is 1.87 bits per heavy atom. The molecule has 2 unspecified atom stereocenters. The molecule has 0 radical (unpaired) electrons. The van der Waals surface area contributed by atoms with Gasteiger partial charge in [0.15, 0.2) is 0 Å². The minimum Gasteiger partial charge on any atom is -0.392 e. The maximum absolute atomic E-state index is 13.1. The average Bonchev–Trinajstić information content (AvgIpc) is 3.38. The molecule has 1 aliphatic heterocycles. The Balaban J connectivity index is 1.69. The molecule has 1 aromatic carbocycles. The summed E-state index contributed by atoms with van der Waals surface area (Å²) in [5, 5.41) is 8.35. The highest BCUT2D eigenvalue weighted by Crippen LogP contribution is 2.20. The van der Waals surface area contributed by atoms with Crippen molar-refractivity contribution in [3.05, 3.63) is 69.3 Å². The van der Waals surface area contributed by atoms with Crippen LogP contribution in [-0.4, -0.2) is 42.6 Å². The van der Waals surface area contributed by atoms with Crippen molar-refractivity contribution in [2.45, 2.75) is 39.8 Å². The van der Waals surface area contributed by atoms with Gasteiger partial charge in [0, 0.05) is 13.3 Å². The van der Waals surface area contributed by atoms with Crippen LogP contribution in [0.5, 0.6) is 0 Å². The van der Waals surface area contributed by atoms with E-state index in [9.17, 15) is 9.59 Å². The number of nitrogens with zero attached hydrogens (tertiary/aromatic N) is 6. The van der Waals surface area contributed by atoms with E-state index in [1.807, 2.05) is 44.2 Å². The Morgan fingerprint density at radius 3 is 2.53 bits per heavy atom. The topological polar surface area (TPSA) is 97.6 Å². The second kappa shape index (κ2) is 8.15. The molecule has 0 spiro atoms. The fourth-order valence-electron chi connectivity index (χ4n) is 3.59. The summed E-state index contributed by atoms with van der Waals surface area (Å²) < 4.78 is 10.6. The second-order valence-corrected chi connectivity index (χ2v) is 7.33. The molecule has 0 bridgehead atoms. The van der Waals surface area contributed by atoms with Crippen LogP contribution in [0.3, 0.4) is 0 Å². The summed E-state index contributed by atoms with van der Waals surface area (Å²) in [6, 6.07) is 9.48. The number of hydrogen-bond donors (Lipinski definition) is 0.